The van der Waals surface area contributed by atoms with Gasteiger partial charge in [0.15, 0.2) is 12.4 Å². The van der Waals surface area contributed by atoms with Gasteiger partial charge in [-0.2, -0.15) is 0 Å². The lowest BCUT2D eigenvalue weighted by molar-refractivity contribution is -0.385. The highest BCUT2D eigenvalue weighted by molar-refractivity contribution is 7.15. The first-order valence-corrected chi connectivity index (χ1v) is 8.94. The molecule has 3 rings (SSSR count). The second-order valence-corrected chi connectivity index (χ2v) is 6.85. The van der Waals surface area contributed by atoms with Crippen LogP contribution in [-0.4, -0.2) is 27.6 Å². The fourth-order valence-electron chi connectivity index (χ4n) is 2.83. The maximum atomic E-state index is 12.0. The van der Waals surface area contributed by atoms with Crippen molar-refractivity contribution in [1.29, 1.82) is 0 Å². The van der Waals surface area contributed by atoms with E-state index in [0.717, 1.165) is 17.8 Å². The molecule has 1 N–H and O–H groups in total. The van der Waals surface area contributed by atoms with E-state index in [9.17, 15) is 14.9 Å². The van der Waals surface area contributed by atoms with E-state index in [4.69, 9.17) is 4.74 Å². The van der Waals surface area contributed by atoms with E-state index >= 15 is 0 Å². The number of aromatic nitrogens is 2. The van der Waals surface area contributed by atoms with Crippen LogP contribution in [0.3, 0.4) is 0 Å². The summed E-state index contributed by atoms with van der Waals surface area (Å²) >= 11 is 1.38. The molecule has 1 aromatic heterocycles. The van der Waals surface area contributed by atoms with Crippen LogP contribution in [0.1, 0.15) is 43.0 Å². The Balaban J connectivity index is 1.55. The van der Waals surface area contributed by atoms with Crippen molar-refractivity contribution in [3.05, 3.63) is 39.4 Å². The fraction of sp³-hybridized carbons (Fsp3) is 0.438. The highest BCUT2D eigenvalue weighted by atomic mass is 32.1. The molecule has 0 atom stereocenters. The number of nitrogens with one attached hydrogen (secondary N) is 1. The second-order valence-electron chi connectivity index (χ2n) is 5.84. The number of nitro groups is 1. The Morgan fingerprint density at radius 3 is 2.80 bits per heavy atom. The molecule has 0 saturated heterocycles. The monoisotopic (exact) mass is 362 g/mol. The van der Waals surface area contributed by atoms with E-state index < -0.39 is 10.8 Å². The number of carbonyl (C=O) groups is 1. The number of benzene rings is 1. The smallest absolute Gasteiger partial charge is 0.310 e. The minimum Gasteiger partial charge on any atom is -0.477 e. The maximum absolute atomic E-state index is 12.0. The van der Waals surface area contributed by atoms with Crippen molar-refractivity contribution in [2.75, 3.05) is 11.9 Å². The van der Waals surface area contributed by atoms with Crippen molar-refractivity contribution in [3.63, 3.8) is 0 Å². The van der Waals surface area contributed by atoms with Gasteiger partial charge in [0, 0.05) is 12.0 Å². The van der Waals surface area contributed by atoms with Crippen LogP contribution >= 0.6 is 11.3 Å². The Kier molecular flexibility index (Phi) is 5.54. The third-order valence-electron chi connectivity index (χ3n) is 4.06. The fourth-order valence-corrected chi connectivity index (χ4v) is 3.76. The Morgan fingerprint density at radius 2 is 2.04 bits per heavy atom. The third kappa shape index (κ3) is 4.50. The highest BCUT2D eigenvalue weighted by Gasteiger charge is 2.20. The first-order valence-electron chi connectivity index (χ1n) is 8.13. The summed E-state index contributed by atoms with van der Waals surface area (Å²) in [6, 6.07) is 5.94. The maximum Gasteiger partial charge on any atom is 0.310 e. The van der Waals surface area contributed by atoms with Crippen molar-refractivity contribution >= 4 is 28.1 Å². The Morgan fingerprint density at radius 1 is 1.28 bits per heavy atom. The van der Waals surface area contributed by atoms with Gasteiger partial charge in [-0.3, -0.25) is 20.2 Å². The molecule has 0 radical (unpaired) electrons. The van der Waals surface area contributed by atoms with Gasteiger partial charge in [-0.25, -0.2) is 0 Å². The summed E-state index contributed by atoms with van der Waals surface area (Å²) in [7, 11) is 0. The van der Waals surface area contributed by atoms with Crippen molar-refractivity contribution in [2.45, 2.75) is 38.0 Å². The molecule has 1 aliphatic carbocycles. The molecule has 1 amide bonds. The molecular weight excluding hydrogens is 344 g/mol. The molecular formula is C16H18N4O4S. The van der Waals surface area contributed by atoms with E-state index in [-0.39, 0.29) is 18.0 Å². The zero-order valence-corrected chi connectivity index (χ0v) is 14.3. The molecule has 25 heavy (non-hydrogen) atoms. The number of hydrogen-bond donors (Lipinski definition) is 1. The van der Waals surface area contributed by atoms with Gasteiger partial charge in [0.25, 0.3) is 5.91 Å². The third-order valence-corrected chi connectivity index (χ3v) is 5.06. The van der Waals surface area contributed by atoms with E-state index in [2.05, 4.69) is 15.5 Å². The summed E-state index contributed by atoms with van der Waals surface area (Å²) in [5.74, 6) is 0.0624. The first kappa shape index (κ1) is 17.3. The predicted octanol–water partition coefficient (Wildman–Crippen LogP) is 3.51. The number of nitrogens with zero attached hydrogens (tertiary/aromatic N) is 3. The van der Waals surface area contributed by atoms with Gasteiger partial charge in [0.05, 0.1) is 4.92 Å². The largest absolute Gasteiger partial charge is 0.477 e. The average molecular weight is 362 g/mol. The molecule has 8 nitrogen and oxygen atoms in total. The molecule has 9 heteroatoms. The number of ether oxygens (including phenoxy) is 1. The van der Waals surface area contributed by atoms with Crippen LogP contribution in [0.15, 0.2) is 24.3 Å². The zero-order valence-electron chi connectivity index (χ0n) is 13.5. The average Bonchev–Trinajstić information content (AvgIpc) is 3.09. The molecule has 1 heterocycles. The van der Waals surface area contributed by atoms with Crippen molar-refractivity contribution in [2.24, 2.45) is 0 Å². The molecule has 1 aliphatic rings. The summed E-state index contributed by atoms with van der Waals surface area (Å²) in [6.07, 6.45) is 5.90. The number of hydrogen-bond acceptors (Lipinski definition) is 7. The summed E-state index contributed by atoms with van der Waals surface area (Å²) < 4.78 is 5.26. The lowest BCUT2D eigenvalue weighted by Gasteiger charge is -2.18. The van der Waals surface area contributed by atoms with Crippen LogP contribution in [0, 0.1) is 10.1 Å². The van der Waals surface area contributed by atoms with Gasteiger partial charge in [-0.05, 0) is 18.9 Å². The normalized spacial score (nSPS) is 14.9. The Labute approximate surface area is 148 Å². The minimum atomic E-state index is -0.547. The van der Waals surface area contributed by atoms with Crippen LogP contribution < -0.4 is 10.1 Å². The Hall–Kier alpha value is -2.55. The van der Waals surface area contributed by atoms with Gasteiger partial charge in [0.2, 0.25) is 5.13 Å². The lowest BCUT2D eigenvalue weighted by Crippen LogP contribution is -2.20. The minimum absolute atomic E-state index is 0.0582. The first-order chi connectivity index (χ1) is 12.1. The van der Waals surface area contributed by atoms with E-state index in [1.54, 1.807) is 12.1 Å². The molecule has 0 unspecified atom stereocenters. The summed E-state index contributed by atoms with van der Waals surface area (Å²) in [6.45, 7) is -0.330. The Bertz CT molecular complexity index is 758. The van der Waals surface area contributed by atoms with Crippen LogP contribution in [0.4, 0.5) is 10.8 Å². The SMILES string of the molecule is O=C(COc1ccccc1[N+](=O)[O-])Nc1nnc(C2CCCCC2)s1. The zero-order chi connectivity index (χ0) is 17.6. The van der Waals surface area contributed by atoms with Gasteiger partial charge < -0.3 is 4.74 Å². The van der Waals surface area contributed by atoms with E-state index in [1.807, 2.05) is 0 Å². The molecule has 1 aromatic carbocycles. The predicted molar refractivity (Wildman–Crippen MR) is 93.0 cm³/mol. The van der Waals surface area contributed by atoms with Crippen LogP contribution in [0.25, 0.3) is 0 Å². The number of rotatable bonds is 6. The van der Waals surface area contributed by atoms with Gasteiger partial charge in [-0.15, -0.1) is 10.2 Å². The van der Waals surface area contributed by atoms with Crippen LogP contribution in [-0.2, 0) is 4.79 Å². The number of amides is 1. The van der Waals surface area contributed by atoms with Crippen LogP contribution in [0.5, 0.6) is 5.75 Å². The van der Waals surface area contributed by atoms with Crippen molar-refractivity contribution in [3.8, 4) is 5.75 Å². The standard InChI is InChI=1S/C16H18N4O4S/c21-14(10-24-13-9-5-4-8-12(13)20(22)23)17-16-19-18-15(25-16)11-6-2-1-3-7-11/h4-5,8-9,11H,1-3,6-7,10H2,(H,17,19,21). The second kappa shape index (κ2) is 8.02. The highest BCUT2D eigenvalue weighted by Crippen LogP contribution is 2.35. The van der Waals surface area contributed by atoms with Gasteiger partial charge >= 0.3 is 5.69 Å². The van der Waals surface area contributed by atoms with Crippen molar-refractivity contribution < 1.29 is 14.5 Å². The molecule has 2 aromatic rings. The number of para-hydroxylation sites is 2. The summed E-state index contributed by atoms with van der Waals surface area (Å²) in [5.41, 5.74) is -0.175. The summed E-state index contributed by atoms with van der Waals surface area (Å²) in [5, 5.41) is 23.1. The number of nitro benzene ring substituents is 1. The van der Waals surface area contributed by atoms with Gasteiger partial charge in [-0.1, -0.05) is 42.7 Å². The summed E-state index contributed by atoms with van der Waals surface area (Å²) in [4.78, 5) is 22.4. The molecule has 132 valence electrons. The number of carbonyl (C=O) groups excluding carboxylic acids is 1. The molecule has 1 saturated carbocycles. The molecule has 1 fully saturated rings. The number of anilines is 1. The van der Waals surface area contributed by atoms with E-state index in [1.165, 1.54) is 42.7 Å². The van der Waals surface area contributed by atoms with Crippen LogP contribution in [0.2, 0.25) is 0 Å². The molecule has 0 bridgehead atoms. The van der Waals surface area contributed by atoms with Crippen molar-refractivity contribution in [1.82, 2.24) is 10.2 Å². The molecule has 0 aliphatic heterocycles. The lowest BCUT2D eigenvalue weighted by atomic mass is 9.90. The van der Waals surface area contributed by atoms with Gasteiger partial charge in [0.1, 0.15) is 5.01 Å². The molecule has 0 spiro atoms. The topological polar surface area (TPSA) is 107 Å². The van der Waals surface area contributed by atoms with E-state index in [0.29, 0.717) is 11.0 Å². The quantitative estimate of drug-likeness (QED) is 0.622.